The lowest BCUT2D eigenvalue weighted by Crippen LogP contribution is -2.28. The average Bonchev–Trinajstić information content (AvgIpc) is 3.65. The van der Waals surface area contributed by atoms with Crippen LogP contribution < -0.4 is 4.40 Å². The maximum Gasteiger partial charge on any atom is 0.387 e. The molecule has 0 radical (unpaired) electrons. The quantitative estimate of drug-likeness (QED) is 0.193. The fraction of sp³-hybridized carbons (Fsp3) is 0. The number of rotatable bonds is 3. The Kier molecular flexibility index (Phi) is 5.22. The van der Waals surface area contributed by atoms with Crippen LogP contribution in [0.15, 0.2) is 158 Å². The van der Waals surface area contributed by atoms with Crippen LogP contribution in [0.1, 0.15) is 0 Å². The van der Waals surface area contributed by atoms with Crippen LogP contribution in [0.2, 0.25) is 0 Å². The van der Waals surface area contributed by atoms with Crippen LogP contribution in [0.4, 0.5) is 0 Å². The highest BCUT2D eigenvalue weighted by molar-refractivity contribution is 6.28. The molecule has 4 heterocycles. The lowest BCUT2D eigenvalue weighted by Gasteiger charge is -2.10. The molecule has 0 unspecified atom stereocenters. The number of benzene rings is 6. The van der Waals surface area contributed by atoms with E-state index in [9.17, 15) is 0 Å². The van der Waals surface area contributed by atoms with Crippen LogP contribution in [0.5, 0.6) is 0 Å². The molecule has 0 aliphatic heterocycles. The zero-order chi connectivity index (χ0) is 30.2. The van der Waals surface area contributed by atoms with Gasteiger partial charge in [0.25, 0.3) is 11.5 Å². The second-order valence-corrected chi connectivity index (χ2v) is 11.7. The van der Waals surface area contributed by atoms with Gasteiger partial charge in [-0.3, -0.25) is 0 Å². The number of nitrogens with zero attached hydrogens (tertiary/aromatic N) is 5. The third-order valence-electron chi connectivity index (χ3n) is 9.18. The first-order valence-electron chi connectivity index (χ1n) is 15.5. The second-order valence-electron chi connectivity index (χ2n) is 11.7. The summed E-state index contributed by atoms with van der Waals surface area (Å²) < 4.78 is 6.76. The summed E-state index contributed by atoms with van der Waals surface area (Å²) in [6.07, 6.45) is 2.03. The van der Waals surface area contributed by atoms with Crippen LogP contribution in [-0.4, -0.2) is 19.1 Å². The average molecular weight is 589 g/mol. The first-order valence-corrected chi connectivity index (χ1v) is 15.5. The van der Waals surface area contributed by atoms with Crippen molar-refractivity contribution in [3.05, 3.63) is 158 Å². The fourth-order valence-electron chi connectivity index (χ4n) is 7.24. The van der Waals surface area contributed by atoms with Crippen molar-refractivity contribution in [2.45, 2.75) is 0 Å². The van der Waals surface area contributed by atoms with Crippen molar-refractivity contribution in [2.75, 3.05) is 0 Å². The maximum atomic E-state index is 5.36. The van der Waals surface area contributed by atoms with Crippen LogP contribution in [0, 0.1) is 0 Å². The highest BCUT2D eigenvalue weighted by Crippen LogP contribution is 2.43. The Morgan fingerprint density at radius 1 is 0.457 bits per heavy atom. The highest BCUT2D eigenvalue weighted by atomic mass is 15.2. The van der Waals surface area contributed by atoms with Crippen molar-refractivity contribution < 1.29 is 4.40 Å². The van der Waals surface area contributed by atoms with Gasteiger partial charge in [0.2, 0.25) is 0 Å². The molecule has 10 aromatic rings. The zero-order valence-corrected chi connectivity index (χ0v) is 24.7. The van der Waals surface area contributed by atoms with Gasteiger partial charge in [-0.1, -0.05) is 103 Å². The fourth-order valence-corrected chi connectivity index (χ4v) is 7.24. The number of fused-ring (bicyclic) bond motifs is 10. The molecule has 0 saturated heterocycles. The first-order chi connectivity index (χ1) is 22.8. The predicted octanol–water partition coefficient (Wildman–Crippen LogP) is 9.23. The topological polar surface area (TPSA) is 39.7 Å². The van der Waals surface area contributed by atoms with E-state index in [-0.39, 0.29) is 0 Å². The van der Waals surface area contributed by atoms with E-state index in [1.165, 1.54) is 32.3 Å². The van der Waals surface area contributed by atoms with Crippen molar-refractivity contribution >= 4 is 60.0 Å². The van der Waals surface area contributed by atoms with E-state index >= 15 is 0 Å². The largest absolute Gasteiger partial charge is 0.387 e. The van der Waals surface area contributed by atoms with Crippen molar-refractivity contribution in [3.8, 4) is 23.0 Å². The van der Waals surface area contributed by atoms with Crippen LogP contribution in [-0.2, 0) is 0 Å². The zero-order valence-electron chi connectivity index (χ0n) is 24.7. The Labute approximate surface area is 263 Å². The Hall–Kier alpha value is -6.33. The van der Waals surface area contributed by atoms with Gasteiger partial charge < -0.3 is 4.57 Å². The molecule has 214 valence electrons. The van der Waals surface area contributed by atoms with E-state index in [0.29, 0.717) is 5.95 Å². The maximum absolute atomic E-state index is 5.36. The molecule has 46 heavy (non-hydrogen) atoms. The number of aromatic nitrogens is 5. The van der Waals surface area contributed by atoms with E-state index in [0.717, 1.165) is 44.8 Å². The Morgan fingerprint density at radius 3 is 2.02 bits per heavy atom. The number of hydrogen-bond donors (Lipinski definition) is 0. The third kappa shape index (κ3) is 3.48. The third-order valence-corrected chi connectivity index (χ3v) is 9.18. The molecule has 0 aliphatic carbocycles. The molecule has 0 fully saturated rings. The van der Waals surface area contributed by atoms with E-state index in [1.54, 1.807) is 0 Å². The summed E-state index contributed by atoms with van der Waals surface area (Å²) in [7, 11) is 0. The molecule has 4 aromatic heterocycles. The molecule has 0 amide bonds. The molecule has 6 aromatic carbocycles. The van der Waals surface area contributed by atoms with Crippen molar-refractivity contribution in [1.29, 1.82) is 0 Å². The molecule has 0 aliphatic rings. The molecule has 5 nitrogen and oxygen atoms in total. The summed E-state index contributed by atoms with van der Waals surface area (Å²) in [5, 5.41) is 7.20. The van der Waals surface area contributed by atoms with Gasteiger partial charge in [0.05, 0.1) is 33.8 Å². The van der Waals surface area contributed by atoms with Gasteiger partial charge in [0.15, 0.2) is 0 Å². The normalized spacial score (nSPS) is 11.9. The minimum Gasteiger partial charge on any atom is -0.307 e. The molecular formula is C41H26N5+. The summed E-state index contributed by atoms with van der Waals surface area (Å²) in [6, 6.07) is 53.5. The summed E-state index contributed by atoms with van der Waals surface area (Å²) >= 11 is 0. The van der Waals surface area contributed by atoms with Gasteiger partial charge in [0.1, 0.15) is 0 Å². The van der Waals surface area contributed by atoms with Gasteiger partial charge >= 0.3 is 5.95 Å². The highest BCUT2D eigenvalue weighted by Gasteiger charge is 2.27. The van der Waals surface area contributed by atoms with Crippen LogP contribution >= 0.6 is 0 Å². The lowest BCUT2D eigenvalue weighted by atomic mass is 10.0. The van der Waals surface area contributed by atoms with E-state index in [2.05, 4.69) is 147 Å². The minimum absolute atomic E-state index is 0.637. The Morgan fingerprint density at radius 2 is 1.15 bits per heavy atom. The van der Waals surface area contributed by atoms with Crippen LogP contribution in [0.25, 0.3) is 83.1 Å². The summed E-state index contributed by atoms with van der Waals surface area (Å²) in [6.45, 7) is 0. The van der Waals surface area contributed by atoms with Gasteiger partial charge in [-0.25, -0.2) is 4.57 Å². The Balaban J connectivity index is 1.47. The van der Waals surface area contributed by atoms with E-state index < -0.39 is 0 Å². The summed E-state index contributed by atoms with van der Waals surface area (Å²) in [5.74, 6) is 1.48. The van der Waals surface area contributed by atoms with Gasteiger partial charge in [-0.05, 0) is 63.2 Å². The summed E-state index contributed by atoms with van der Waals surface area (Å²) in [4.78, 5) is 10.6. The molecule has 0 saturated carbocycles. The lowest BCUT2D eigenvalue weighted by molar-refractivity contribution is -0.505. The van der Waals surface area contributed by atoms with E-state index in [4.69, 9.17) is 9.97 Å². The smallest absolute Gasteiger partial charge is 0.307 e. The monoisotopic (exact) mass is 588 g/mol. The first kappa shape index (κ1) is 25.0. The molecule has 5 heteroatoms. The molecule has 0 atom stereocenters. The van der Waals surface area contributed by atoms with Gasteiger partial charge in [-0.2, -0.15) is 4.40 Å². The molecular weight excluding hydrogens is 562 g/mol. The SMILES string of the molecule is c1ccc(-c2nc(-n3c4ccc5ccccc5c4c4ccc5c6ccccc6n(-c6ccccc6)c5c43)nc3cccc[n+]23)cc1. The molecule has 0 N–H and O–H groups in total. The summed E-state index contributed by atoms with van der Waals surface area (Å²) in [5.41, 5.74) is 7.44. The Bertz CT molecular complexity index is 2790. The molecule has 0 bridgehead atoms. The molecule has 0 spiro atoms. The van der Waals surface area contributed by atoms with E-state index in [1.807, 2.05) is 24.4 Å². The van der Waals surface area contributed by atoms with Crippen molar-refractivity contribution in [3.63, 3.8) is 0 Å². The second kappa shape index (κ2) is 9.58. The predicted molar refractivity (Wildman–Crippen MR) is 187 cm³/mol. The van der Waals surface area contributed by atoms with Gasteiger partial charge in [-0.15, -0.1) is 0 Å². The van der Waals surface area contributed by atoms with Gasteiger partial charge in [0, 0.05) is 33.3 Å². The van der Waals surface area contributed by atoms with Crippen molar-refractivity contribution in [1.82, 2.24) is 19.1 Å². The standard InChI is InChI=1S/C41H26N5/c1-3-14-28(15-4-1)40-43-41(42-36-21-11-12-26-44(36)40)46-35-25-22-27-13-7-8-18-30(27)37(35)33-24-23-32-31-19-9-10-20-34(31)45(38(32)39(33)46)29-16-5-2-6-17-29/h1-26H/q+1. The minimum atomic E-state index is 0.637. The number of hydrogen-bond acceptors (Lipinski definition) is 2. The number of pyridine rings is 1. The van der Waals surface area contributed by atoms with Crippen LogP contribution in [0.3, 0.4) is 0 Å². The molecule has 10 rings (SSSR count). The van der Waals surface area contributed by atoms with Crippen molar-refractivity contribution in [2.24, 2.45) is 0 Å². The number of para-hydroxylation sites is 2.